The van der Waals surface area contributed by atoms with E-state index in [0.29, 0.717) is 19.5 Å². The molecule has 0 fully saturated rings. The van der Waals surface area contributed by atoms with Crippen molar-refractivity contribution in [2.24, 2.45) is 0 Å². The maximum absolute atomic E-state index is 11.9. The number of rotatable bonds is 17. The zero-order valence-corrected chi connectivity index (χ0v) is 17.5. The van der Waals surface area contributed by atoms with E-state index < -0.39 is 6.10 Å². The van der Waals surface area contributed by atoms with Crippen molar-refractivity contribution < 1.29 is 14.4 Å². The number of nitrogens with one attached hydrogen (secondary N) is 1. The molecule has 0 heterocycles. The number of nitrogens with zero attached hydrogens (tertiary/aromatic N) is 1. The van der Waals surface area contributed by atoms with Gasteiger partial charge in [-0.2, -0.15) is 0 Å². The van der Waals surface area contributed by atoms with Crippen molar-refractivity contribution in [3.63, 3.8) is 0 Å². The molecule has 0 radical (unpaired) electrons. The van der Waals surface area contributed by atoms with Crippen molar-refractivity contribution in [3.8, 4) is 0 Å². The first-order valence-electron chi connectivity index (χ1n) is 10.8. The van der Waals surface area contributed by atoms with Crippen molar-refractivity contribution in [1.29, 1.82) is 0 Å². The summed E-state index contributed by atoms with van der Waals surface area (Å²) < 4.78 is 0.843. The molecule has 0 saturated heterocycles. The quantitative estimate of drug-likeness (QED) is 0.302. The predicted molar refractivity (Wildman–Crippen MR) is 108 cm³/mol. The molecule has 0 aromatic carbocycles. The van der Waals surface area contributed by atoms with Crippen LogP contribution in [-0.4, -0.2) is 54.8 Å². The Bertz CT molecular complexity index is 317. The summed E-state index contributed by atoms with van der Waals surface area (Å²) in [5.74, 6) is 0.0841. The third-order valence-electron chi connectivity index (χ3n) is 5.47. The topological polar surface area (TPSA) is 49.3 Å². The molecule has 4 heteroatoms. The Kier molecular flexibility index (Phi) is 15.2. The number of carbonyl (C=O) groups excluding carboxylic acids is 1. The molecular formula is C21H45N2O2+. The fourth-order valence-electron chi connectivity index (χ4n) is 3.15. The molecule has 2 N–H and O–H groups in total. The molecule has 0 aliphatic carbocycles. The van der Waals surface area contributed by atoms with E-state index >= 15 is 0 Å². The summed E-state index contributed by atoms with van der Waals surface area (Å²) in [5.41, 5.74) is 0. The second kappa shape index (κ2) is 15.6. The van der Waals surface area contributed by atoms with Crippen LogP contribution in [0.5, 0.6) is 0 Å². The van der Waals surface area contributed by atoms with Gasteiger partial charge in [-0.05, 0) is 20.3 Å². The number of aliphatic hydroxyl groups excluding tert-OH is 1. The van der Waals surface area contributed by atoms with Crippen molar-refractivity contribution in [1.82, 2.24) is 5.32 Å². The Morgan fingerprint density at radius 3 is 1.84 bits per heavy atom. The highest BCUT2D eigenvalue weighted by Gasteiger charge is 2.21. The van der Waals surface area contributed by atoms with Gasteiger partial charge in [-0.3, -0.25) is 4.79 Å². The van der Waals surface area contributed by atoms with E-state index in [1.165, 1.54) is 51.4 Å². The van der Waals surface area contributed by atoms with Crippen LogP contribution in [0.1, 0.15) is 91.4 Å². The van der Waals surface area contributed by atoms with Crippen LogP contribution >= 0.6 is 0 Å². The lowest BCUT2D eigenvalue weighted by Gasteiger charge is -2.34. The van der Waals surface area contributed by atoms with Crippen molar-refractivity contribution in [3.05, 3.63) is 0 Å². The number of likely N-dealkylation sites (N-methyl/N-ethyl adjacent to an activating group) is 1. The van der Waals surface area contributed by atoms with E-state index in [9.17, 15) is 9.90 Å². The van der Waals surface area contributed by atoms with Gasteiger partial charge in [-0.1, -0.05) is 64.7 Å². The standard InChI is InChI=1S/C21H44N2O2/c1-5-8-9-10-11-12-13-14-15-16-17-21(25)22-18-20(24)19-23(4,6-2)7-3/h20,24H,5-19H2,1-4H3/p+1/t20-/m1/s1. The summed E-state index contributed by atoms with van der Waals surface area (Å²) in [6.07, 6.45) is 13.0. The number of quaternary nitrogens is 1. The van der Waals surface area contributed by atoms with Gasteiger partial charge in [0.05, 0.1) is 20.1 Å². The van der Waals surface area contributed by atoms with Crippen LogP contribution in [0.4, 0.5) is 0 Å². The van der Waals surface area contributed by atoms with E-state index in [-0.39, 0.29) is 5.91 Å². The van der Waals surface area contributed by atoms with Crippen LogP contribution in [-0.2, 0) is 4.79 Å². The third-order valence-corrected chi connectivity index (χ3v) is 5.47. The summed E-state index contributed by atoms with van der Waals surface area (Å²) in [7, 11) is 2.15. The number of unbranched alkanes of at least 4 members (excludes halogenated alkanes) is 9. The van der Waals surface area contributed by atoms with Gasteiger partial charge < -0.3 is 14.9 Å². The minimum Gasteiger partial charge on any atom is -0.385 e. The number of aliphatic hydroxyl groups is 1. The molecule has 0 aromatic rings. The maximum atomic E-state index is 11.9. The van der Waals surface area contributed by atoms with E-state index in [4.69, 9.17) is 0 Å². The van der Waals surface area contributed by atoms with Crippen LogP contribution in [0.25, 0.3) is 0 Å². The van der Waals surface area contributed by atoms with Crippen LogP contribution < -0.4 is 5.32 Å². The average molecular weight is 358 g/mol. The Morgan fingerprint density at radius 2 is 1.36 bits per heavy atom. The Balaban J connectivity index is 3.52. The molecule has 0 saturated carbocycles. The molecule has 25 heavy (non-hydrogen) atoms. The number of hydrogen-bond acceptors (Lipinski definition) is 2. The van der Waals surface area contributed by atoms with Gasteiger partial charge in [0.2, 0.25) is 5.91 Å². The zero-order chi connectivity index (χ0) is 19.0. The third kappa shape index (κ3) is 14.3. The van der Waals surface area contributed by atoms with Crippen LogP contribution in [0.15, 0.2) is 0 Å². The molecule has 4 nitrogen and oxygen atoms in total. The normalized spacial score (nSPS) is 13.0. The largest absolute Gasteiger partial charge is 0.385 e. The zero-order valence-electron chi connectivity index (χ0n) is 17.5. The summed E-state index contributed by atoms with van der Waals surface area (Å²) in [6.45, 7) is 9.61. The lowest BCUT2D eigenvalue weighted by atomic mass is 10.1. The molecule has 0 unspecified atom stereocenters. The fraction of sp³-hybridized carbons (Fsp3) is 0.952. The van der Waals surface area contributed by atoms with Crippen LogP contribution in [0.3, 0.4) is 0 Å². The highest BCUT2D eigenvalue weighted by atomic mass is 16.3. The van der Waals surface area contributed by atoms with Gasteiger partial charge in [-0.25, -0.2) is 0 Å². The lowest BCUT2D eigenvalue weighted by molar-refractivity contribution is -0.908. The SMILES string of the molecule is CCCCCCCCCCCCC(=O)NC[C@@H](O)C[N+](C)(CC)CC. The highest BCUT2D eigenvalue weighted by Crippen LogP contribution is 2.11. The summed E-state index contributed by atoms with van der Waals surface area (Å²) in [4.78, 5) is 11.9. The van der Waals surface area contributed by atoms with Gasteiger partial charge in [0, 0.05) is 13.0 Å². The minimum absolute atomic E-state index is 0.0841. The molecule has 0 aliphatic rings. The number of carbonyl (C=O) groups is 1. The minimum atomic E-state index is -0.457. The summed E-state index contributed by atoms with van der Waals surface area (Å²) in [5, 5.41) is 13.0. The van der Waals surface area contributed by atoms with Crippen molar-refractivity contribution >= 4 is 5.91 Å². The van der Waals surface area contributed by atoms with E-state index in [1.54, 1.807) is 0 Å². The molecule has 150 valence electrons. The van der Waals surface area contributed by atoms with E-state index in [0.717, 1.165) is 30.4 Å². The molecule has 0 spiro atoms. The van der Waals surface area contributed by atoms with Gasteiger partial charge in [0.1, 0.15) is 12.6 Å². The molecule has 0 aliphatic heterocycles. The summed E-state index contributed by atoms with van der Waals surface area (Å²) in [6, 6.07) is 0. The smallest absolute Gasteiger partial charge is 0.220 e. The molecule has 1 atom stereocenters. The Labute approximate surface area is 157 Å². The molecule has 1 amide bonds. The van der Waals surface area contributed by atoms with Crippen molar-refractivity contribution in [2.75, 3.05) is 33.2 Å². The lowest BCUT2D eigenvalue weighted by Crippen LogP contribution is -2.51. The molecular weight excluding hydrogens is 312 g/mol. The predicted octanol–water partition coefficient (Wildman–Crippen LogP) is 4.26. The first-order valence-corrected chi connectivity index (χ1v) is 10.8. The van der Waals surface area contributed by atoms with Gasteiger partial charge in [-0.15, -0.1) is 0 Å². The second-order valence-electron chi connectivity index (χ2n) is 7.82. The second-order valence-corrected chi connectivity index (χ2v) is 7.82. The Hall–Kier alpha value is -0.610. The molecule has 0 bridgehead atoms. The summed E-state index contributed by atoms with van der Waals surface area (Å²) >= 11 is 0. The molecule has 0 aromatic heterocycles. The van der Waals surface area contributed by atoms with E-state index in [1.807, 2.05) is 0 Å². The van der Waals surface area contributed by atoms with Gasteiger partial charge >= 0.3 is 0 Å². The monoisotopic (exact) mass is 357 g/mol. The fourth-order valence-corrected chi connectivity index (χ4v) is 3.15. The van der Waals surface area contributed by atoms with E-state index in [2.05, 4.69) is 33.1 Å². The van der Waals surface area contributed by atoms with Gasteiger partial charge in [0.15, 0.2) is 0 Å². The van der Waals surface area contributed by atoms with Crippen LogP contribution in [0, 0.1) is 0 Å². The van der Waals surface area contributed by atoms with Crippen LogP contribution in [0.2, 0.25) is 0 Å². The Morgan fingerprint density at radius 1 is 0.880 bits per heavy atom. The first-order chi connectivity index (χ1) is 12.0. The first kappa shape index (κ1) is 24.4. The van der Waals surface area contributed by atoms with Crippen molar-refractivity contribution in [2.45, 2.75) is 97.5 Å². The highest BCUT2D eigenvalue weighted by molar-refractivity contribution is 5.75. The average Bonchev–Trinajstić information content (AvgIpc) is 2.61. The maximum Gasteiger partial charge on any atom is 0.220 e. The number of hydrogen-bond donors (Lipinski definition) is 2. The molecule has 0 rings (SSSR count). The number of amides is 1. The van der Waals surface area contributed by atoms with Gasteiger partial charge in [0.25, 0.3) is 0 Å².